The van der Waals surface area contributed by atoms with E-state index in [0.29, 0.717) is 11.8 Å². The van der Waals surface area contributed by atoms with Crippen LogP contribution in [0.25, 0.3) is 0 Å². The van der Waals surface area contributed by atoms with Crippen LogP contribution in [-0.2, 0) is 0 Å². The highest BCUT2D eigenvalue weighted by molar-refractivity contribution is 8.02. The molecular weight excluding hydrogens is 234 g/mol. The number of hydrogen-bond acceptors (Lipinski definition) is 4. The molecule has 2 unspecified atom stereocenters. The van der Waals surface area contributed by atoms with E-state index in [0.717, 1.165) is 16.8 Å². The second-order valence-corrected chi connectivity index (χ2v) is 5.56. The van der Waals surface area contributed by atoms with E-state index in [1.54, 1.807) is 11.8 Å². The lowest BCUT2D eigenvalue weighted by Gasteiger charge is -2.11. The molecule has 3 nitrogen and oxygen atoms in total. The van der Waals surface area contributed by atoms with Crippen LogP contribution in [-0.4, -0.2) is 28.3 Å². The number of aliphatic hydroxyl groups excluding tert-OH is 2. The molecule has 0 spiro atoms. The third kappa shape index (κ3) is 4.98. The first-order valence-corrected chi connectivity index (χ1v) is 6.72. The van der Waals surface area contributed by atoms with E-state index in [-0.39, 0.29) is 6.61 Å². The summed E-state index contributed by atoms with van der Waals surface area (Å²) in [7, 11) is 0. The molecule has 0 fully saturated rings. The van der Waals surface area contributed by atoms with E-state index in [1.807, 2.05) is 26.0 Å². The van der Waals surface area contributed by atoms with E-state index in [9.17, 15) is 5.11 Å². The molecule has 1 heterocycles. The Balaban J connectivity index is 2.51. The molecule has 1 aliphatic heterocycles. The van der Waals surface area contributed by atoms with Crippen LogP contribution >= 0.6 is 11.8 Å². The fraction of sp³-hybridized carbons (Fsp3) is 0.538. The molecule has 3 N–H and O–H groups in total. The Morgan fingerprint density at radius 1 is 1.59 bits per heavy atom. The van der Waals surface area contributed by atoms with E-state index < -0.39 is 6.10 Å². The molecule has 0 bridgehead atoms. The molecular formula is C13H21NO2S. The van der Waals surface area contributed by atoms with Gasteiger partial charge in [0.05, 0.1) is 18.1 Å². The van der Waals surface area contributed by atoms with Crippen molar-refractivity contribution >= 4 is 11.8 Å². The van der Waals surface area contributed by atoms with E-state index >= 15 is 0 Å². The van der Waals surface area contributed by atoms with Gasteiger partial charge in [-0.25, -0.2) is 0 Å². The van der Waals surface area contributed by atoms with Gasteiger partial charge < -0.3 is 15.5 Å². The minimum Gasteiger partial charge on any atom is -0.392 e. The molecule has 0 saturated carbocycles. The monoisotopic (exact) mass is 255 g/mol. The SMILES string of the molecule is C/C(=C\CC(O)/C(C)=C/C1=CSC(C)N1)CO. The van der Waals surface area contributed by atoms with E-state index in [2.05, 4.69) is 17.6 Å². The Labute approximate surface area is 107 Å². The van der Waals surface area contributed by atoms with Crippen molar-refractivity contribution in [2.45, 2.75) is 38.7 Å². The Bertz CT molecular complexity index is 347. The maximum atomic E-state index is 9.93. The highest BCUT2D eigenvalue weighted by atomic mass is 32.2. The lowest BCUT2D eigenvalue weighted by atomic mass is 10.1. The molecule has 0 aromatic rings. The molecule has 0 aliphatic carbocycles. The van der Waals surface area contributed by atoms with Crippen molar-refractivity contribution in [3.63, 3.8) is 0 Å². The fourth-order valence-corrected chi connectivity index (χ4v) is 2.15. The molecule has 96 valence electrons. The van der Waals surface area contributed by atoms with Crippen molar-refractivity contribution in [3.8, 4) is 0 Å². The van der Waals surface area contributed by atoms with Crippen LogP contribution in [0.3, 0.4) is 0 Å². The Kier molecular flexibility index (Phi) is 5.82. The predicted octanol–water partition coefficient (Wildman–Crippen LogP) is 2.15. The lowest BCUT2D eigenvalue weighted by molar-refractivity contribution is 0.213. The second kappa shape index (κ2) is 6.89. The first kappa shape index (κ1) is 14.4. The molecule has 2 atom stereocenters. The second-order valence-electron chi connectivity index (χ2n) is 4.34. The largest absolute Gasteiger partial charge is 0.392 e. The molecule has 1 rings (SSSR count). The van der Waals surface area contributed by atoms with Crippen molar-refractivity contribution in [2.24, 2.45) is 0 Å². The maximum absolute atomic E-state index is 9.93. The van der Waals surface area contributed by atoms with Crippen LogP contribution in [0.15, 0.2) is 34.4 Å². The number of aliphatic hydroxyl groups is 2. The molecule has 17 heavy (non-hydrogen) atoms. The Morgan fingerprint density at radius 3 is 2.82 bits per heavy atom. The van der Waals surface area contributed by atoms with E-state index in [4.69, 9.17) is 5.11 Å². The smallest absolute Gasteiger partial charge is 0.0785 e. The zero-order valence-electron chi connectivity index (χ0n) is 10.6. The average molecular weight is 255 g/mol. The number of allylic oxidation sites excluding steroid dienone is 1. The van der Waals surface area contributed by atoms with Gasteiger partial charge in [-0.3, -0.25) is 0 Å². The van der Waals surface area contributed by atoms with Gasteiger partial charge in [-0.15, -0.1) is 11.8 Å². The molecule has 0 saturated heterocycles. The first-order valence-electron chi connectivity index (χ1n) is 5.78. The van der Waals surface area contributed by atoms with Crippen LogP contribution < -0.4 is 5.32 Å². The van der Waals surface area contributed by atoms with Crippen molar-refractivity contribution in [1.29, 1.82) is 0 Å². The summed E-state index contributed by atoms with van der Waals surface area (Å²) in [5.41, 5.74) is 2.88. The van der Waals surface area contributed by atoms with Gasteiger partial charge in [-0.1, -0.05) is 11.6 Å². The zero-order chi connectivity index (χ0) is 12.8. The summed E-state index contributed by atoms with van der Waals surface area (Å²) in [6, 6.07) is 0. The van der Waals surface area contributed by atoms with Crippen LogP contribution in [0.5, 0.6) is 0 Å². The van der Waals surface area contributed by atoms with Crippen molar-refractivity contribution in [2.75, 3.05) is 6.61 Å². The Morgan fingerprint density at radius 2 is 2.29 bits per heavy atom. The Hall–Kier alpha value is -0.710. The normalized spacial score (nSPS) is 23.4. The summed E-state index contributed by atoms with van der Waals surface area (Å²) in [5.74, 6) is 0. The number of hydrogen-bond donors (Lipinski definition) is 3. The molecule has 0 aromatic carbocycles. The van der Waals surface area contributed by atoms with Gasteiger partial charge in [0.25, 0.3) is 0 Å². The van der Waals surface area contributed by atoms with Crippen molar-refractivity contribution < 1.29 is 10.2 Å². The molecule has 0 amide bonds. The van der Waals surface area contributed by atoms with Gasteiger partial charge in [0.15, 0.2) is 0 Å². The van der Waals surface area contributed by atoms with Gasteiger partial charge >= 0.3 is 0 Å². The van der Waals surface area contributed by atoms with E-state index in [1.165, 1.54) is 0 Å². The highest BCUT2D eigenvalue weighted by Crippen LogP contribution is 2.22. The minimum absolute atomic E-state index is 0.0519. The standard InChI is InChI=1S/C13H21NO2S/c1-9(7-15)4-5-13(16)10(2)6-12-8-17-11(3)14-12/h4,6,8,11,13-16H,5,7H2,1-3H3/b9-4+,10-6+. The quantitative estimate of drug-likeness (QED) is 0.659. The van der Waals surface area contributed by atoms with Gasteiger partial charge in [0, 0.05) is 5.70 Å². The topological polar surface area (TPSA) is 52.5 Å². The minimum atomic E-state index is -0.486. The molecule has 4 heteroatoms. The van der Waals surface area contributed by atoms with Crippen LogP contribution in [0, 0.1) is 0 Å². The van der Waals surface area contributed by atoms with Crippen LogP contribution in [0.1, 0.15) is 27.2 Å². The van der Waals surface area contributed by atoms with Crippen LogP contribution in [0.4, 0.5) is 0 Å². The summed E-state index contributed by atoms with van der Waals surface area (Å²) in [6.07, 6.45) is 3.91. The summed E-state index contributed by atoms with van der Waals surface area (Å²) < 4.78 is 0. The summed E-state index contributed by atoms with van der Waals surface area (Å²) in [4.78, 5) is 0. The lowest BCUT2D eigenvalue weighted by Crippen LogP contribution is -2.16. The zero-order valence-corrected chi connectivity index (χ0v) is 11.4. The first-order chi connectivity index (χ1) is 8.02. The van der Waals surface area contributed by atoms with Crippen molar-refractivity contribution in [3.05, 3.63) is 34.4 Å². The number of thioether (sulfide) groups is 1. The number of nitrogens with one attached hydrogen (secondary N) is 1. The molecule has 0 radical (unpaired) electrons. The van der Waals surface area contributed by atoms with Gasteiger partial charge in [-0.2, -0.15) is 0 Å². The van der Waals surface area contributed by atoms with Crippen LogP contribution in [0.2, 0.25) is 0 Å². The third-order valence-electron chi connectivity index (χ3n) is 2.62. The third-order valence-corrected chi connectivity index (χ3v) is 3.53. The predicted molar refractivity (Wildman–Crippen MR) is 73.5 cm³/mol. The maximum Gasteiger partial charge on any atom is 0.0785 e. The summed E-state index contributed by atoms with van der Waals surface area (Å²) in [6.45, 7) is 5.92. The van der Waals surface area contributed by atoms with Gasteiger partial charge in [-0.05, 0) is 44.2 Å². The van der Waals surface area contributed by atoms with Crippen molar-refractivity contribution in [1.82, 2.24) is 5.32 Å². The summed E-state index contributed by atoms with van der Waals surface area (Å²) in [5, 5.41) is 24.6. The average Bonchev–Trinajstić information content (AvgIpc) is 2.70. The molecule has 0 aromatic heterocycles. The number of rotatable bonds is 5. The summed E-state index contributed by atoms with van der Waals surface area (Å²) >= 11 is 1.74. The van der Waals surface area contributed by atoms with Gasteiger partial charge in [0.1, 0.15) is 0 Å². The molecule has 1 aliphatic rings. The van der Waals surface area contributed by atoms with Gasteiger partial charge in [0.2, 0.25) is 0 Å². The highest BCUT2D eigenvalue weighted by Gasteiger charge is 2.11. The fourth-order valence-electron chi connectivity index (χ4n) is 1.46.